The van der Waals surface area contributed by atoms with E-state index < -0.39 is 30.1 Å². The van der Waals surface area contributed by atoms with Gasteiger partial charge in [-0.25, -0.2) is 0 Å². The number of carbonyl (C=O) groups is 1. The summed E-state index contributed by atoms with van der Waals surface area (Å²) in [6.07, 6.45) is -4.56. The molecule has 2 aromatic rings. The van der Waals surface area contributed by atoms with E-state index in [4.69, 9.17) is 5.73 Å². The van der Waals surface area contributed by atoms with E-state index >= 15 is 0 Å². The molecular weight excluding hydrogens is 331 g/mol. The number of nitrogens with one attached hydrogen (secondary N) is 1. The van der Waals surface area contributed by atoms with Gasteiger partial charge in [-0.05, 0) is 30.3 Å². The highest BCUT2D eigenvalue weighted by atomic mass is 19.4. The fourth-order valence-corrected chi connectivity index (χ4v) is 1.96. The van der Waals surface area contributed by atoms with Crippen LogP contribution in [0, 0.1) is 0 Å². The van der Waals surface area contributed by atoms with E-state index in [1.54, 1.807) is 0 Å². The number of rotatable bonds is 4. The molecule has 0 aliphatic rings. The summed E-state index contributed by atoms with van der Waals surface area (Å²) in [6.45, 7) is -0.858. The molecule has 3 N–H and O–H groups in total. The summed E-state index contributed by atoms with van der Waals surface area (Å²) in [5.41, 5.74) is 3.68. The lowest BCUT2D eigenvalue weighted by Crippen LogP contribution is -2.25. The normalized spacial score (nSPS) is 12.1. The molecule has 0 unspecified atom stereocenters. The summed E-state index contributed by atoms with van der Waals surface area (Å²) < 4.78 is 64.7. The van der Waals surface area contributed by atoms with E-state index in [9.17, 15) is 26.7 Å². The summed E-state index contributed by atoms with van der Waals surface area (Å²) in [7, 11) is 0. The molecule has 3 nitrogen and oxygen atoms in total. The molecule has 2 aromatic carbocycles. The molecule has 0 fully saturated rings. The third-order valence-corrected chi connectivity index (χ3v) is 3.27. The van der Waals surface area contributed by atoms with E-state index in [2.05, 4.69) is 5.32 Å². The SMILES string of the molecule is NCC(F)(F)c1ccc(NC(=O)c2cccc(C(F)(F)F)c2)cc1. The van der Waals surface area contributed by atoms with E-state index in [-0.39, 0.29) is 16.8 Å². The zero-order valence-electron chi connectivity index (χ0n) is 12.2. The molecule has 0 heterocycles. The van der Waals surface area contributed by atoms with Crippen LogP contribution in [0.25, 0.3) is 0 Å². The molecule has 0 atom stereocenters. The van der Waals surface area contributed by atoms with Gasteiger partial charge in [-0.15, -0.1) is 0 Å². The monoisotopic (exact) mass is 344 g/mol. The van der Waals surface area contributed by atoms with Gasteiger partial charge in [0.25, 0.3) is 11.8 Å². The van der Waals surface area contributed by atoms with Crippen LogP contribution < -0.4 is 11.1 Å². The van der Waals surface area contributed by atoms with Crippen LogP contribution in [0.3, 0.4) is 0 Å². The Hall–Kier alpha value is -2.48. The Morgan fingerprint density at radius 1 is 0.958 bits per heavy atom. The zero-order valence-corrected chi connectivity index (χ0v) is 12.2. The molecule has 1 amide bonds. The van der Waals surface area contributed by atoms with Crippen LogP contribution in [0.2, 0.25) is 0 Å². The first kappa shape index (κ1) is 17.9. The predicted octanol–water partition coefficient (Wildman–Crippen LogP) is 4.01. The van der Waals surface area contributed by atoms with Crippen LogP contribution >= 0.6 is 0 Å². The summed E-state index contributed by atoms with van der Waals surface area (Å²) >= 11 is 0. The van der Waals surface area contributed by atoms with Crippen molar-refractivity contribution in [2.45, 2.75) is 12.1 Å². The minimum atomic E-state index is -4.56. The Labute approximate surface area is 134 Å². The maximum absolute atomic E-state index is 13.4. The van der Waals surface area contributed by atoms with Gasteiger partial charge in [0, 0.05) is 16.8 Å². The van der Waals surface area contributed by atoms with Gasteiger partial charge in [0.05, 0.1) is 12.1 Å². The van der Waals surface area contributed by atoms with Gasteiger partial charge >= 0.3 is 6.18 Å². The summed E-state index contributed by atoms with van der Waals surface area (Å²) in [6, 6.07) is 8.54. The maximum atomic E-state index is 13.4. The minimum Gasteiger partial charge on any atom is -0.325 e. The highest BCUT2D eigenvalue weighted by Gasteiger charge is 2.31. The average Bonchev–Trinajstić information content (AvgIpc) is 2.54. The zero-order chi connectivity index (χ0) is 18.0. The van der Waals surface area contributed by atoms with Crippen molar-refractivity contribution in [3.05, 3.63) is 65.2 Å². The smallest absolute Gasteiger partial charge is 0.325 e. The summed E-state index contributed by atoms with van der Waals surface area (Å²) in [5, 5.41) is 2.35. The van der Waals surface area contributed by atoms with E-state index in [1.807, 2.05) is 0 Å². The van der Waals surface area contributed by atoms with Gasteiger partial charge in [0.1, 0.15) is 0 Å². The van der Waals surface area contributed by atoms with Gasteiger partial charge in [0.2, 0.25) is 0 Å². The first-order valence-corrected chi connectivity index (χ1v) is 6.80. The van der Waals surface area contributed by atoms with Crippen molar-refractivity contribution < 1.29 is 26.7 Å². The van der Waals surface area contributed by atoms with E-state index in [0.717, 1.165) is 24.3 Å². The van der Waals surface area contributed by atoms with E-state index in [0.29, 0.717) is 6.07 Å². The third kappa shape index (κ3) is 4.08. The molecule has 0 bridgehead atoms. The Kier molecular flexibility index (Phi) is 4.88. The van der Waals surface area contributed by atoms with Crippen molar-refractivity contribution in [3.8, 4) is 0 Å². The van der Waals surface area contributed by atoms with Crippen LogP contribution in [0.4, 0.5) is 27.6 Å². The molecule has 0 radical (unpaired) electrons. The van der Waals surface area contributed by atoms with Crippen molar-refractivity contribution in [3.63, 3.8) is 0 Å². The lowest BCUT2D eigenvalue weighted by molar-refractivity contribution is -0.137. The lowest BCUT2D eigenvalue weighted by Gasteiger charge is -2.14. The molecule has 8 heteroatoms. The molecule has 0 aliphatic heterocycles. The molecule has 0 saturated carbocycles. The number of halogens is 5. The molecule has 128 valence electrons. The fraction of sp³-hybridized carbons (Fsp3) is 0.188. The van der Waals surface area contributed by atoms with Gasteiger partial charge < -0.3 is 11.1 Å². The highest BCUT2D eigenvalue weighted by molar-refractivity contribution is 6.04. The number of benzene rings is 2. The number of alkyl halides is 5. The largest absolute Gasteiger partial charge is 0.416 e. The first-order chi connectivity index (χ1) is 11.1. The summed E-state index contributed by atoms with van der Waals surface area (Å²) in [5.74, 6) is -3.97. The quantitative estimate of drug-likeness (QED) is 0.824. The topological polar surface area (TPSA) is 55.1 Å². The number of nitrogens with two attached hydrogens (primary N) is 1. The summed E-state index contributed by atoms with van der Waals surface area (Å²) in [4.78, 5) is 12.0. The Bertz CT molecular complexity index is 726. The van der Waals surface area contributed by atoms with Gasteiger partial charge in [-0.2, -0.15) is 22.0 Å². The van der Waals surface area contributed by atoms with Gasteiger partial charge in [-0.3, -0.25) is 4.79 Å². The van der Waals surface area contributed by atoms with Gasteiger partial charge in [0.15, 0.2) is 0 Å². The molecule has 2 rings (SSSR count). The highest BCUT2D eigenvalue weighted by Crippen LogP contribution is 2.30. The Morgan fingerprint density at radius 2 is 1.58 bits per heavy atom. The number of carbonyl (C=O) groups excluding carboxylic acids is 1. The van der Waals surface area contributed by atoms with Crippen LogP contribution in [-0.4, -0.2) is 12.5 Å². The number of hydrogen-bond donors (Lipinski definition) is 2. The van der Waals surface area contributed by atoms with Crippen molar-refractivity contribution >= 4 is 11.6 Å². The molecular formula is C16H13F5N2O. The van der Waals surface area contributed by atoms with Crippen molar-refractivity contribution in [1.29, 1.82) is 0 Å². The Balaban J connectivity index is 2.16. The van der Waals surface area contributed by atoms with Crippen LogP contribution in [0.1, 0.15) is 21.5 Å². The van der Waals surface area contributed by atoms with E-state index in [1.165, 1.54) is 18.2 Å². The molecule has 0 saturated heterocycles. The molecule has 0 aliphatic carbocycles. The predicted molar refractivity (Wildman–Crippen MR) is 78.8 cm³/mol. The van der Waals surface area contributed by atoms with Crippen molar-refractivity contribution in [2.75, 3.05) is 11.9 Å². The second-order valence-corrected chi connectivity index (χ2v) is 5.02. The van der Waals surface area contributed by atoms with Gasteiger partial charge in [-0.1, -0.05) is 18.2 Å². The number of amides is 1. The van der Waals surface area contributed by atoms with Crippen LogP contribution in [0.15, 0.2) is 48.5 Å². The van der Waals surface area contributed by atoms with Crippen molar-refractivity contribution in [2.24, 2.45) is 5.73 Å². The van der Waals surface area contributed by atoms with Crippen LogP contribution in [0.5, 0.6) is 0 Å². The lowest BCUT2D eigenvalue weighted by atomic mass is 10.1. The average molecular weight is 344 g/mol. The first-order valence-electron chi connectivity index (χ1n) is 6.80. The fourth-order valence-electron chi connectivity index (χ4n) is 1.96. The minimum absolute atomic E-state index is 0.175. The number of anilines is 1. The van der Waals surface area contributed by atoms with Crippen LogP contribution in [-0.2, 0) is 12.1 Å². The maximum Gasteiger partial charge on any atom is 0.416 e. The van der Waals surface area contributed by atoms with Crippen molar-refractivity contribution in [1.82, 2.24) is 0 Å². The third-order valence-electron chi connectivity index (χ3n) is 3.27. The molecule has 24 heavy (non-hydrogen) atoms. The second kappa shape index (κ2) is 6.56. The molecule has 0 spiro atoms. The number of hydrogen-bond acceptors (Lipinski definition) is 2. The Morgan fingerprint density at radius 3 is 2.12 bits per heavy atom. The standard InChI is InChI=1S/C16H13F5N2O/c17-15(18,9-22)11-4-6-13(7-5-11)23-14(24)10-2-1-3-12(8-10)16(19,20)21/h1-8H,9,22H2,(H,23,24). The molecule has 0 aromatic heterocycles. The second-order valence-electron chi connectivity index (χ2n) is 5.02.